The molecule has 1 rings (SSSR count). The molecule has 0 aliphatic heterocycles. The summed E-state index contributed by atoms with van der Waals surface area (Å²) in [6.45, 7) is 4.34. The van der Waals surface area contributed by atoms with E-state index in [9.17, 15) is 18.3 Å². The number of nitrogens with zero attached hydrogens (tertiary/aromatic N) is 2. The van der Waals surface area contributed by atoms with E-state index in [0.29, 0.717) is 23.1 Å². The summed E-state index contributed by atoms with van der Waals surface area (Å²) in [7, 11) is 0. The molecular formula is C11H16BrF3N2O. The lowest BCUT2D eigenvalue weighted by molar-refractivity contribution is -0.153. The van der Waals surface area contributed by atoms with Crippen molar-refractivity contribution in [3.05, 3.63) is 15.9 Å². The number of aryl methyl sites for hydroxylation is 2. The minimum Gasteiger partial charge on any atom is -0.392 e. The van der Waals surface area contributed by atoms with Crippen LogP contribution in [0.5, 0.6) is 0 Å². The molecule has 0 aromatic carbocycles. The van der Waals surface area contributed by atoms with Crippen LogP contribution in [-0.2, 0) is 19.4 Å². The van der Waals surface area contributed by atoms with Gasteiger partial charge in [0.2, 0.25) is 0 Å². The third-order valence-corrected chi connectivity index (χ3v) is 3.51. The highest BCUT2D eigenvalue weighted by molar-refractivity contribution is 9.10. The molecule has 0 aliphatic rings. The molecule has 1 atom stereocenters. The normalized spacial score (nSPS) is 13.9. The number of aliphatic hydroxyl groups excluding tert-OH is 1. The molecule has 104 valence electrons. The highest BCUT2D eigenvalue weighted by atomic mass is 79.9. The van der Waals surface area contributed by atoms with E-state index < -0.39 is 18.7 Å². The Balaban J connectivity index is 2.86. The quantitative estimate of drug-likeness (QED) is 0.902. The SMILES string of the molecule is CCc1nn(CC)c(CC(O)CC(F)(F)F)c1Br. The summed E-state index contributed by atoms with van der Waals surface area (Å²) in [6.07, 6.45) is -6.35. The second-order valence-corrected chi connectivity index (χ2v) is 4.85. The summed E-state index contributed by atoms with van der Waals surface area (Å²) >= 11 is 3.34. The minimum atomic E-state index is -4.35. The summed E-state index contributed by atoms with van der Waals surface area (Å²) in [5.41, 5.74) is 1.41. The molecule has 1 unspecified atom stereocenters. The van der Waals surface area contributed by atoms with E-state index in [-0.39, 0.29) is 6.42 Å². The smallest absolute Gasteiger partial charge is 0.391 e. The van der Waals surface area contributed by atoms with Crippen LogP contribution in [0.2, 0.25) is 0 Å². The fourth-order valence-corrected chi connectivity index (χ4v) is 2.50. The topological polar surface area (TPSA) is 38.0 Å². The lowest BCUT2D eigenvalue weighted by atomic mass is 10.1. The first-order valence-corrected chi connectivity index (χ1v) is 6.56. The largest absolute Gasteiger partial charge is 0.392 e. The van der Waals surface area contributed by atoms with Gasteiger partial charge in [0.15, 0.2) is 0 Å². The van der Waals surface area contributed by atoms with Gasteiger partial charge >= 0.3 is 6.18 Å². The van der Waals surface area contributed by atoms with Crippen molar-refractivity contribution in [2.75, 3.05) is 0 Å². The van der Waals surface area contributed by atoms with Gasteiger partial charge in [-0.2, -0.15) is 18.3 Å². The van der Waals surface area contributed by atoms with E-state index in [4.69, 9.17) is 0 Å². The molecule has 7 heteroatoms. The van der Waals surface area contributed by atoms with Crippen LogP contribution in [-0.4, -0.2) is 27.2 Å². The van der Waals surface area contributed by atoms with Crippen LogP contribution >= 0.6 is 15.9 Å². The molecule has 1 aromatic rings. The molecule has 0 aliphatic carbocycles. The Bertz CT molecular complexity index is 404. The molecule has 0 amide bonds. The molecule has 0 spiro atoms. The van der Waals surface area contributed by atoms with Crippen LogP contribution < -0.4 is 0 Å². The Hall–Kier alpha value is -0.560. The van der Waals surface area contributed by atoms with Gasteiger partial charge in [-0.1, -0.05) is 6.92 Å². The van der Waals surface area contributed by atoms with Gasteiger partial charge in [0, 0.05) is 13.0 Å². The van der Waals surface area contributed by atoms with E-state index >= 15 is 0 Å². The van der Waals surface area contributed by atoms with E-state index in [0.717, 1.165) is 5.69 Å². The number of halogens is 4. The first-order valence-electron chi connectivity index (χ1n) is 5.77. The van der Waals surface area contributed by atoms with Gasteiger partial charge in [-0.3, -0.25) is 4.68 Å². The molecule has 1 N–H and O–H groups in total. The molecular weight excluding hydrogens is 313 g/mol. The Kier molecular flexibility index (Phi) is 5.21. The second kappa shape index (κ2) is 6.06. The molecule has 1 aromatic heterocycles. The van der Waals surface area contributed by atoms with Gasteiger partial charge < -0.3 is 5.11 Å². The summed E-state index contributed by atoms with van der Waals surface area (Å²) in [4.78, 5) is 0. The zero-order valence-corrected chi connectivity index (χ0v) is 11.8. The number of aliphatic hydroxyl groups is 1. The number of hydrogen-bond acceptors (Lipinski definition) is 2. The van der Waals surface area contributed by atoms with Crippen molar-refractivity contribution in [2.45, 2.75) is 51.9 Å². The Labute approximate surface area is 112 Å². The van der Waals surface area contributed by atoms with Crippen molar-refractivity contribution in [1.82, 2.24) is 9.78 Å². The molecule has 0 radical (unpaired) electrons. The number of rotatable bonds is 5. The predicted molar refractivity (Wildman–Crippen MR) is 65.4 cm³/mol. The summed E-state index contributed by atoms with van der Waals surface area (Å²) in [6, 6.07) is 0. The lowest BCUT2D eigenvalue weighted by Gasteiger charge is -2.14. The Morgan fingerprint density at radius 2 is 2.00 bits per heavy atom. The maximum absolute atomic E-state index is 12.2. The zero-order valence-electron chi connectivity index (χ0n) is 10.3. The monoisotopic (exact) mass is 328 g/mol. The van der Waals surface area contributed by atoms with Gasteiger partial charge in [-0.15, -0.1) is 0 Å². The van der Waals surface area contributed by atoms with Gasteiger partial charge in [0.1, 0.15) is 0 Å². The summed E-state index contributed by atoms with van der Waals surface area (Å²) < 4.78 is 38.8. The fraction of sp³-hybridized carbons (Fsp3) is 0.727. The molecule has 0 fully saturated rings. The average molecular weight is 329 g/mol. The van der Waals surface area contributed by atoms with E-state index in [2.05, 4.69) is 21.0 Å². The van der Waals surface area contributed by atoms with Crippen molar-refractivity contribution in [2.24, 2.45) is 0 Å². The van der Waals surface area contributed by atoms with Gasteiger partial charge in [0.05, 0.1) is 28.4 Å². The van der Waals surface area contributed by atoms with Crippen LogP contribution in [0.25, 0.3) is 0 Å². The molecule has 3 nitrogen and oxygen atoms in total. The summed E-state index contributed by atoms with van der Waals surface area (Å²) in [5, 5.41) is 13.8. The molecule has 0 saturated carbocycles. The maximum atomic E-state index is 12.2. The Morgan fingerprint density at radius 3 is 2.44 bits per heavy atom. The molecule has 1 heterocycles. The molecule has 0 saturated heterocycles. The van der Waals surface area contributed by atoms with E-state index in [1.807, 2.05) is 13.8 Å². The predicted octanol–water partition coefficient (Wildman–Crippen LogP) is 3.08. The van der Waals surface area contributed by atoms with Crippen LogP contribution in [0, 0.1) is 0 Å². The van der Waals surface area contributed by atoms with Crippen LogP contribution in [0.3, 0.4) is 0 Å². The third kappa shape index (κ3) is 3.98. The van der Waals surface area contributed by atoms with Gasteiger partial charge in [0.25, 0.3) is 0 Å². The number of hydrogen-bond donors (Lipinski definition) is 1. The molecule has 18 heavy (non-hydrogen) atoms. The van der Waals surface area contributed by atoms with Crippen molar-refractivity contribution in [3.63, 3.8) is 0 Å². The lowest BCUT2D eigenvalue weighted by Crippen LogP contribution is -2.22. The fourth-order valence-electron chi connectivity index (χ4n) is 1.77. The average Bonchev–Trinajstić information content (AvgIpc) is 2.53. The van der Waals surface area contributed by atoms with Crippen molar-refractivity contribution < 1.29 is 18.3 Å². The van der Waals surface area contributed by atoms with E-state index in [1.54, 1.807) is 4.68 Å². The summed E-state index contributed by atoms with van der Waals surface area (Å²) in [5.74, 6) is 0. The first kappa shape index (κ1) is 15.5. The zero-order chi connectivity index (χ0) is 13.9. The highest BCUT2D eigenvalue weighted by Gasteiger charge is 2.32. The highest BCUT2D eigenvalue weighted by Crippen LogP contribution is 2.27. The standard InChI is InChI=1S/C11H16BrF3N2O/c1-3-8-10(12)9(17(4-2)16-8)5-7(18)6-11(13,14)15/h7,18H,3-6H2,1-2H3. The number of alkyl halides is 3. The maximum Gasteiger partial charge on any atom is 0.391 e. The van der Waals surface area contributed by atoms with Crippen LogP contribution in [0.4, 0.5) is 13.2 Å². The third-order valence-electron chi connectivity index (χ3n) is 2.59. The van der Waals surface area contributed by atoms with E-state index in [1.165, 1.54) is 0 Å². The van der Waals surface area contributed by atoms with Gasteiger partial charge in [-0.25, -0.2) is 0 Å². The van der Waals surface area contributed by atoms with Crippen molar-refractivity contribution >= 4 is 15.9 Å². The Morgan fingerprint density at radius 1 is 1.39 bits per heavy atom. The minimum absolute atomic E-state index is 0.0546. The van der Waals surface area contributed by atoms with Crippen LogP contribution in [0.1, 0.15) is 31.7 Å². The number of aromatic nitrogens is 2. The van der Waals surface area contributed by atoms with Gasteiger partial charge in [-0.05, 0) is 29.3 Å². The molecule has 0 bridgehead atoms. The van der Waals surface area contributed by atoms with Crippen molar-refractivity contribution in [3.8, 4) is 0 Å². The second-order valence-electron chi connectivity index (χ2n) is 4.05. The van der Waals surface area contributed by atoms with Crippen LogP contribution in [0.15, 0.2) is 4.47 Å². The van der Waals surface area contributed by atoms with Crippen molar-refractivity contribution in [1.29, 1.82) is 0 Å². The first-order chi connectivity index (χ1) is 8.28.